The Hall–Kier alpha value is -4.14. The molecule has 1 saturated carbocycles. The van der Waals surface area contributed by atoms with Gasteiger partial charge in [0.05, 0.1) is 31.2 Å². The lowest BCUT2D eigenvalue weighted by Gasteiger charge is -2.12. The Morgan fingerprint density at radius 1 is 1.09 bits per heavy atom. The van der Waals surface area contributed by atoms with Crippen LogP contribution in [-0.4, -0.2) is 39.9 Å². The lowest BCUT2D eigenvalue weighted by atomic mass is 10.0. The smallest absolute Gasteiger partial charge is 0.255 e. The fraction of sp³-hybridized carbons (Fsp3) is 0.308. The van der Waals surface area contributed by atoms with Gasteiger partial charge in [-0.3, -0.25) is 4.79 Å². The lowest BCUT2D eigenvalue weighted by molar-refractivity contribution is 0.0948. The Bertz CT molecular complexity index is 1380. The molecule has 0 bridgehead atoms. The molecule has 0 spiro atoms. The first-order valence-electron chi connectivity index (χ1n) is 11.7. The van der Waals surface area contributed by atoms with Crippen LogP contribution in [0.15, 0.2) is 48.8 Å². The number of anilines is 1. The zero-order valence-corrected chi connectivity index (χ0v) is 19.8. The van der Waals surface area contributed by atoms with Crippen LogP contribution in [0.3, 0.4) is 0 Å². The molecular formula is C26H28N6O3. The summed E-state index contributed by atoms with van der Waals surface area (Å²) < 4.78 is 13.0. The molecule has 3 N–H and O–H groups in total. The highest BCUT2D eigenvalue weighted by molar-refractivity contribution is 5.99. The summed E-state index contributed by atoms with van der Waals surface area (Å²) in [5, 5.41) is 8.62. The van der Waals surface area contributed by atoms with E-state index in [1.165, 1.54) is 19.2 Å². The minimum Gasteiger partial charge on any atom is -0.496 e. The number of hydrogen-bond donors (Lipinski definition) is 2. The number of carbonyl (C=O) groups is 1. The summed E-state index contributed by atoms with van der Waals surface area (Å²) in [6.07, 6.45) is 5.99. The number of nitrogens with two attached hydrogens (primary N) is 1. The van der Waals surface area contributed by atoms with Gasteiger partial charge in [0.2, 0.25) is 0 Å². The summed E-state index contributed by atoms with van der Waals surface area (Å²) in [4.78, 5) is 21.4. The highest BCUT2D eigenvalue weighted by atomic mass is 16.5. The molecule has 1 aliphatic carbocycles. The van der Waals surface area contributed by atoms with Gasteiger partial charge in [-0.15, -0.1) is 0 Å². The number of nitrogen functional groups attached to an aromatic ring is 1. The second kappa shape index (κ2) is 9.61. The number of nitrogens with zero attached hydrogens (tertiary/aromatic N) is 4. The molecule has 2 aromatic carbocycles. The Kier molecular flexibility index (Phi) is 6.22. The average molecular weight is 473 g/mol. The molecule has 2 aromatic heterocycles. The maximum absolute atomic E-state index is 12.7. The first-order chi connectivity index (χ1) is 17.1. The van der Waals surface area contributed by atoms with Crippen molar-refractivity contribution in [2.45, 2.75) is 38.3 Å². The summed E-state index contributed by atoms with van der Waals surface area (Å²) in [5.74, 6) is 1.35. The van der Waals surface area contributed by atoms with Crippen LogP contribution in [0.5, 0.6) is 11.5 Å². The van der Waals surface area contributed by atoms with E-state index in [1.807, 2.05) is 28.9 Å². The molecule has 0 aliphatic heterocycles. The van der Waals surface area contributed by atoms with E-state index in [0.717, 1.165) is 35.0 Å². The van der Waals surface area contributed by atoms with Crippen molar-refractivity contribution in [1.82, 2.24) is 25.1 Å². The van der Waals surface area contributed by atoms with Crippen LogP contribution in [0.4, 0.5) is 5.82 Å². The lowest BCUT2D eigenvalue weighted by Crippen LogP contribution is -2.23. The van der Waals surface area contributed by atoms with Crippen LogP contribution in [0.25, 0.3) is 22.3 Å². The normalized spacial score (nSPS) is 13.8. The van der Waals surface area contributed by atoms with Gasteiger partial charge >= 0.3 is 0 Å². The summed E-state index contributed by atoms with van der Waals surface area (Å²) >= 11 is 0. The minimum atomic E-state index is -0.211. The molecular weight excluding hydrogens is 444 g/mol. The van der Waals surface area contributed by atoms with Crippen LogP contribution >= 0.6 is 0 Å². The van der Waals surface area contributed by atoms with Crippen molar-refractivity contribution in [3.63, 3.8) is 0 Å². The van der Waals surface area contributed by atoms with Crippen LogP contribution in [0.1, 0.15) is 47.6 Å². The number of fused-ring (bicyclic) bond motifs is 1. The second-order valence-corrected chi connectivity index (χ2v) is 8.61. The van der Waals surface area contributed by atoms with E-state index in [2.05, 4.69) is 15.3 Å². The third-order valence-corrected chi connectivity index (χ3v) is 6.51. The van der Waals surface area contributed by atoms with Gasteiger partial charge in [-0.2, -0.15) is 5.10 Å². The van der Waals surface area contributed by atoms with E-state index in [0.29, 0.717) is 41.2 Å². The molecule has 4 aromatic rings. The molecule has 1 amide bonds. The van der Waals surface area contributed by atoms with Crippen molar-refractivity contribution in [2.24, 2.45) is 0 Å². The summed E-state index contributed by atoms with van der Waals surface area (Å²) in [5.41, 5.74) is 9.90. The monoisotopic (exact) mass is 472 g/mol. The predicted molar refractivity (Wildman–Crippen MR) is 133 cm³/mol. The minimum absolute atomic E-state index is 0.211. The van der Waals surface area contributed by atoms with Crippen LogP contribution < -0.4 is 20.5 Å². The summed E-state index contributed by atoms with van der Waals surface area (Å²) in [7, 11) is 3.16. The number of hydrogen-bond acceptors (Lipinski definition) is 7. The number of amides is 1. The van der Waals surface area contributed by atoms with Gasteiger partial charge in [0, 0.05) is 12.1 Å². The standard InChI is InChI=1S/C26H28N6O3/c1-34-20-10-6-5-9-19(20)26(33)28-14-16-11-12-18(21(13-16)35-2)23-22-24(27)29-15-30-25(22)32(31-23)17-7-3-4-8-17/h5-6,9-13,15,17H,3-4,7-8,14H2,1-2H3,(H,28,33)(H2,27,29,30). The van der Waals surface area contributed by atoms with Crippen molar-refractivity contribution in [1.29, 1.82) is 0 Å². The topological polar surface area (TPSA) is 117 Å². The molecule has 0 radical (unpaired) electrons. The summed E-state index contributed by atoms with van der Waals surface area (Å²) in [6.45, 7) is 0.329. The average Bonchev–Trinajstić information content (AvgIpc) is 3.56. The SMILES string of the molecule is COc1ccccc1C(=O)NCc1ccc(-c2nn(C3CCCC3)c3ncnc(N)c23)c(OC)c1. The fourth-order valence-electron chi connectivity index (χ4n) is 4.74. The highest BCUT2D eigenvalue weighted by Gasteiger charge is 2.25. The molecule has 180 valence electrons. The van der Waals surface area contributed by atoms with Gasteiger partial charge < -0.3 is 20.5 Å². The van der Waals surface area contributed by atoms with Crippen molar-refractivity contribution in [3.8, 4) is 22.8 Å². The van der Waals surface area contributed by atoms with E-state index < -0.39 is 0 Å². The van der Waals surface area contributed by atoms with Gasteiger partial charge in [0.15, 0.2) is 5.65 Å². The van der Waals surface area contributed by atoms with Crippen LogP contribution in [0, 0.1) is 0 Å². The number of rotatable bonds is 7. The first-order valence-corrected chi connectivity index (χ1v) is 11.7. The first kappa shape index (κ1) is 22.6. The molecule has 2 heterocycles. The third kappa shape index (κ3) is 4.25. The van der Waals surface area contributed by atoms with Gasteiger partial charge in [-0.1, -0.05) is 31.0 Å². The van der Waals surface area contributed by atoms with E-state index >= 15 is 0 Å². The summed E-state index contributed by atoms with van der Waals surface area (Å²) in [6, 6.07) is 13.2. The van der Waals surface area contributed by atoms with Crippen molar-refractivity contribution in [3.05, 3.63) is 59.9 Å². The van der Waals surface area contributed by atoms with Crippen molar-refractivity contribution >= 4 is 22.8 Å². The Labute approximate surface area is 203 Å². The van der Waals surface area contributed by atoms with E-state index in [1.54, 1.807) is 32.4 Å². The zero-order chi connectivity index (χ0) is 24.4. The van der Waals surface area contributed by atoms with Crippen LogP contribution in [0.2, 0.25) is 0 Å². The molecule has 0 atom stereocenters. The maximum Gasteiger partial charge on any atom is 0.255 e. The molecule has 5 rings (SSSR count). The number of aromatic nitrogens is 4. The molecule has 35 heavy (non-hydrogen) atoms. The zero-order valence-electron chi connectivity index (χ0n) is 19.8. The molecule has 1 aliphatic rings. The molecule has 0 saturated heterocycles. The Morgan fingerprint density at radius 2 is 1.86 bits per heavy atom. The second-order valence-electron chi connectivity index (χ2n) is 8.61. The van der Waals surface area contributed by atoms with E-state index in [4.69, 9.17) is 20.3 Å². The maximum atomic E-state index is 12.7. The Balaban J connectivity index is 1.46. The van der Waals surface area contributed by atoms with Gasteiger partial charge in [-0.05, 0) is 42.7 Å². The van der Waals surface area contributed by atoms with Gasteiger partial charge in [0.25, 0.3) is 5.91 Å². The third-order valence-electron chi connectivity index (χ3n) is 6.51. The van der Waals surface area contributed by atoms with Gasteiger partial charge in [-0.25, -0.2) is 14.6 Å². The fourth-order valence-corrected chi connectivity index (χ4v) is 4.74. The largest absolute Gasteiger partial charge is 0.496 e. The Morgan fingerprint density at radius 3 is 2.63 bits per heavy atom. The number of methoxy groups -OCH3 is 2. The van der Waals surface area contributed by atoms with Crippen molar-refractivity contribution in [2.75, 3.05) is 20.0 Å². The number of nitrogens with one attached hydrogen (secondary N) is 1. The highest BCUT2D eigenvalue weighted by Crippen LogP contribution is 2.39. The number of ether oxygens (including phenoxy) is 2. The van der Waals surface area contributed by atoms with Crippen LogP contribution in [-0.2, 0) is 6.54 Å². The van der Waals surface area contributed by atoms with Gasteiger partial charge in [0.1, 0.15) is 29.3 Å². The molecule has 0 unspecified atom stereocenters. The quantitative estimate of drug-likeness (QED) is 0.415. The predicted octanol–water partition coefficient (Wildman–Crippen LogP) is 4.14. The number of benzene rings is 2. The number of carbonyl (C=O) groups excluding carboxylic acids is 1. The van der Waals surface area contributed by atoms with E-state index in [9.17, 15) is 4.79 Å². The van der Waals surface area contributed by atoms with Crippen molar-refractivity contribution < 1.29 is 14.3 Å². The molecule has 9 heteroatoms. The van der Waals surface area contributed by atoms with E-state index in [-0.39, 0.29) is 5.91 Å². The molecule has 9 nitrogen and oxygen atoms in total. The number of para-hydroxylation sites is 1. The molecule has 1 fully saturated rings.